The van der Waals surface area contributed by atoms with Gasteiger partial charge >= 0.3 is 0 Å². The normalized spacial score (nSPS) is 11.8. The maximum Gasteiger partial charge on any atom is 0.274 e. The lowest BCUT2D eigenvalue weighted by atomic mass is 9.99. The highest BCUT2D eigenvalue weighted by atomic mass is 35.5. The van der Waals surface area contributed by atoms with Crippen LogP contribution in [-0.2, 0) is 0 Å². The van der Waals surface area contributed by atoms with Gasteiger partial charge in [0.25, 0.3) is 5.91 Å². The van der Waals surface area contributed by atoms with Gasteiger partial charge in [0.2, 0.25) is 0 Å². The van der Waals surface area contributed by atoms with Gasteiger partial charge in [-0.3, -0.25) is 9.78 Å². The van der Waals surface area contributed by atoms with E-state index in [0.717, 1.165) is 11.1 Å². The van der Waals surface area contributed by atoms with Gasteiger partial charge in [-0.05, 0) is 35.4 Å². The number of carbonyl (C=O) groups is 1. The first-order valence-electron chi connectivity index (χ1n) is 8.70. The van der Waals surface area contributed by atoms with E-state index in [1.807, 2.05) is 60.7 Å². The minimum atomic E-state index is -0.340. The average molecular weight is 390 g/mol. The Labute approximate surface area is 167 Å². The van der Waals surface area contributed by atoms with Crippen molar-refractivity contribution >= 4 is 17.5 Å². The van der Waals surface area contributed by atoms with Crippen LogP contribution in [0.2, 0.25) is 5.02 Å². The van der Waals surface area contributed by atoms with Gasteiger partial charge in [-0.1, -0.05) is 59.2 Å². The van der Waals surface area contributed by atoms with Crippen molar-refractivity contribution in [3.8, 4) is 11.3 Å². The summed E-state index contributed by atoms with van der Waals surface area (Å²) in [5, 5.41) is 7.47. The Morgan fingerprint density at radius 1 is 0.929 bits per heavy atom. The van der Waals surface area contributed by atoms with E-state index in [9.17, 15) is 4.79 Å². The average Bonchev–Trinajstić information content (AvgIpc) is 3.23. The minimum absolute atomic E-state index is 0.185. The number of amides is 1. The molecule has 1 N–H and O–H groups in total. The van der Waals surface area contributed by atoms with Gasteiger partial charge in [-0.25, -0.2) is 0 Å². The molecule has 28 heavy (non-hydrogen) atoms. The van der Waals surface area contributed by atoms with Crippen LogP contribution in [0.3, 0.4) is 0 Å². The fourth-order valence-corrected chi connectivity index (χ4v) is 3.16. The third-order valence-corrected chi connectivity index (χ3v) is 4.66. The SMILES string of the molecule is O=C(N[C@H](c1ccccc1)c1ccncc1)c1cc(-c2ccccc2Cl)on1. The molecule has 2 aromatic heterocycles. The van der Waals surface area contributed by atoms with Crippen LogP contribution < -0.4 is 5.32 Å². The van der Waals surface area contributed by atoms with E-state index < -0.39 is 0 Å². The standard InChI is InChI=1S/C22H16ClN3O2/c23-18-9-5-4-8-17(18)20-14-19(26-28-20)22(27)25-21(15-6-2-1-3-7-15)16-10-12-24-13-11-16/h1-14,21H,(H,25,27)/t21-/m1/s1. The molecular weight excluding hydrogens is 374 g/mol. The second-order valence-electron chi connectivity index (χ2n) is 6.15. The Morgan fingerprint density at radius 3 is 2.36 bits per heavy atom. The third kappa shape index (κ3) is 3.80. The van der Waals surface area contributed by atoms with Crippen molar-refractivity contribution in [3.05, 3.63) is 107 Å². The van der Waals surface area contributed by atoms with E-state index in [2.05, 4.69) is 15.5 Å². The molecule has 0 aliphatic heterocycles. The summed E-state index contributed by atoms with van der Waals surface area (Å²) in [7, 11) is 0. The molecule has 1 atom stereocenters. The van der Waals surface area contributed by atoms with Crippen LogP contribution in [0.4, 0.5) is 0 Å². The molecule has 1 amide bonds. The van der Waals surface area contributed by atoms with Crippen LogP contribution >= 0.6 is 11.6 Å². The predicted molar refractivity (Wildman–Crippen MR) is 107 cm³/mol. The van der Waals surface area contributed by atoms with Crippen LogP contribution in [0.5, 0.6) is 0 Å². The molecule has 0 spiro atoms. The molecule has 0 aliphatic rings. The van der Waals surface area contributed by atoms with Gasteiger partial charge < -0.3 is 9.84 Å². The lowest BCUT2D eigenvalue weighted by Crippen LogP contribution is -2.29. The molecule has 0 radical (unpaired) electrons. The van der Waals surface area contributed by atoms with Gasteiger partial charge in [-0.15, -0.1) is 0 Å². The monoisotopic (exact) mass is 389 g/mol. The van der Waals surface area contributed by atoms with Crippen molar-refractivity contribution in [2.24, 2.45) is 0 Å². The summed E-state index contributed by atoms with van der Waals surface area (Å²) in [6.45, 7) is 0. The zero-order chi connectivity index (χ0) is 19.3. The second kappa shape index (κ2) is 8.06. The van der Waals surface area contributed by atoms with Gasteiger partial charge in [0.05, 0.1) is 11.1 Å². The van der Waals surface area contributed by atoms with E-state index in [1.54, 1.807) is 24.5 Å². The van der Waals surface area contributed by atoms with Gasteiger partial charge in [0.15, 0.2) is 11.5 Å². The van der Waals surface area contributed by atoms with Crippen molar-refractivity contribution in [2.45, 2.75) is 6.04 Å². The number of benzene rings is 2. The molecule has 4 rings (SSSR count). The molecule has 0 bridgehead atoms. The third-order valence-electron chi connectivity index (χ3n) is 4.33. The van der Waals surface area contributed by atoms with Crippen molar-refractivity contribution < 1.29 is 9.32 Å². The fourth-order valence-electron chi connectivity index (χ4n) is 2.94. The molecule has 6 heteroatoms. The molecule has 138 valence electrons. The first-order valence-corrected chi connectivity index (χ1v) is 9.07. The van der Waals surface area contributed by atoms with Gasteiger partial charge in [-0.2, -0.15) is 0 Å². The van der Waals surface area contributed by atoms with E-state index in [4.69, 9.17) is 16.1 Å². The second-order valence-corrected chi connectivity index (χ2v) is 6.56. The highest BCUT2D eigenvalue weighted by Gasteiger charge is 2.21. The number of nitrogens with zero attached hydrogens (tertiary/aromatic N) is 2. The molecule has 0 saturated heterocycles. The molecule has 2 heterocycles. The van der Waals surface area contributed by atoms with Crippen molar-refractivity contribution in [2.75, 3.05) is 0 Å². The lowest BCUT2D eigenvalue weighted by Gasteiger charge is -2.19. The van der Waals surface area contributed by atoms with Crippen LogP contribution in [0.15, 0.2) is 89.7 Å². The lowest BCUT2D eigenvalue weighted by molar-refractivity contribution is 0.0934. The van der Waals surface area contributed by atoms with Gasteiger partial charge in [0, 0.05) is 24.0 Å². The number of nitrogens with one attached hydrogen (secondary N) is 1. The summed E-state index contributed by atoms with van der Waals surface area (Å²) >= 11 is 6.20. The first-order chi connectivity index (χ1) is 13.7. The number of carbonyl (C=O) groups excluding carboxylic acids is 1. The number of halogens is 1. The Hall–Kier alpha value is -3.44. The maximum absolute atomic E-state index is 12.8. The molecule has 5 nitrogen and oxygen atoms in total. The molecule has 2 aromatic carbocycles. The minimum Gasteiger partial charge on any atom is -0.355 e. The highest BCUT2D eigenvalue weighted by molar-refractivity contribution is 6.33. The molecule has 4 aromatic rings. The smallest absolute Gasteiger partial charge is 0.274 e. The number of hydrogen-bond donors (Lipinski definition) is 1. The molecule has 0 unspecified atom stereocenters. The summed E-state index contributed by atoms with van der Waals surface area (Å²) in [6.07, 6.45) is 3.39. The van der Waals surface area contributed by atoms with Crippen molar-refractivity contribution in [1.29, 1.82) is 0 Å². The van der Waals surface area contributed by atoms with Crippen LogP contribution in [0.1, 0.15) is 27.7 Å². The largest absolute Gasteiger partial charge is 0.355 e. The molecule has 0 fully saturated rings. The number of hydrogen-bond acceptors (Lipinski definition) is 4. The summed E-state index contributed by atoms with van der Waals surface area (Å²) < 4.78 is 5.34. The van der Waals surface area contributed by atoms with Crippen LogP contribution in [0.25, 0.3) is 11.3 Å². The summed E-state index contributed by atoms with van der Waals surface area (Å²) in [5.74, 6) is 0.101. The Balaban J connectivity index is 1.61. The van der Waals surface area contributed by atoms with E-state index in [-0.39, 0.29) is 17.6 Å². The Bertz CT molecular complexity index is 1040. The van der Waals surface area contributed by atoms with Gasteiger partial charge in [0.1, 0.15) is 0 Å². The molecular formula is C22H16ClN3O2. The zero-order valence-electron chi connectivity index (χ0n) is 14.7. The molecule has 0 saturated carbocycles. The number of rotatable bonds is 5. The van der Waals surface area contributed by atoms with E-state index in [1.165, 1.54) is 0 Å². The van der Waals surface area contributed by atoms with Crippen molar-refractivity contribution in [1.82, 2.24) is 15.5 Å². The van der Waals surface area contributed by atoms with Crippen LogP contribution in [0, 0.1) is 0 Å². The number of aromatic nitrogens is 2. The maximum atomic E-state index is 12.8. The fraction of sp³-hybridized carbons (Fsp3) is 0.0455. The molecule has 0 aliphatic carbocycles. The first kappa shape index (κ1) is 17.9. The Kier molecular flexibility index (Phi) is 5.17. The zero-order valence-corrected chi connectivity index (χ0v) is 15.5. The summed E-state index contributed by atoms with van der Waals surface area (Å²) in [6, 6.07) is 22.0. The highest BCUT2D eigenvalue weighted by Crippen LogP contribution is 2.28. The topological polar surface area (TPSA) is 68.0 Å². The van der Waals surface area contributed by atoms with E-state index in [0.29, 0.717) is 16.3 Å². The quantitative estimate of drug-likeness (QED) is 0.526. The van der Waals surface area contributed by atoms with Crippen molar-refractivity contribution in [3.63, 3.8) is 0 Å². The predicted octanol–water partition coefficient (Wildman–Crippen LogP) is 4.91. The van der Waals surface area contributed by atoms with E-state index >= 15 is 0 Å². The summed E-state index contributed by atoms with van der Waals surface area (Å²) in [5.41, 5.74) is 2.75. The number of pyridine rings is 1. The summed E-state index contributed by atoms with van der Waals surface area (Å²) in [4.78, 5) is 16.9. The Morgan fingerprint density at radius 2 is 1.61 bits per heavy atom. The van der Waals surface area contributed by atoms with Crippen LogP contribution in [-0.4, -0.2) is 16.0 Å².